The van der Waals surface area contributed by atoms with Crippen molar-refractivity contribution in [3.8, 4) is 5.75 Å². The van der Waals surface area contributed by atoms with Gasteiger partial charge in [0.05, 0.1) is 16.9 Å². The molecular weight excluding hydrogens is 281 g/mol. The van der Waals surface area contributed by atoms with Gasteiger partial charge in [-0.1, -0.05) is 24.3 Å². The van der Waals surface area contributed by atoms with E-state index in [-0.39, 0.29) is 0 Å². The monoisotopic (exact) mass is 295 g/mol. The predicted octanol–water partition coefficient (Wildman–Crippen LogP) is 3.45. The highest BCUT2D eigenvalue weighted by atomic mass is 19.1. The molecular formula is C17H14FN3O. The highest BCUT2D eigenvalue weighted by molar-refractivity contribution is 5.80. The molecule has 0 aliphatic rings. The smallest absolute Gasteiger partial charge is 0.166 e. The van der Waals surface area contributed by atoms with E-state index in [4.69, 9.17) is 10.8 Å². The van der Waals surface area contributed by atoms with Crippen molar-refractivity contribution < 1.29 is 9.50 Å². The van der Waals surface area contributed by atoms with Gasteiger partial charge in [0.15, 0.2) is 11.6 Å². The third-order valence-electron chi connectivity index (χ3n) is 3.24. The fourth-order valence-corrected chi connectivity index (χ4v) is 2.06. The lowest BCUT2D eigenvalue weighted by Gasteiger charge is -2.06. The summed E-state index contributed by atoms with van der Waals surface area (Å²) in [4.78, 5) is 4.47. The molecule has 0 spiro atoms. The van der Waals surface area contributed by atoms with Gasteiger partial charge < -0.3 is 16.2 Å². The molecule has 0 aliphatic heterocycles. The van der Waals surface area contributed by atoms with Gasteiger partial charge in [-0.25, -0.2) is 9.37 Å². The number of nitrogens with zero attached hydrogens (tertiary/aromatic N) is 1. The molecule has 4 nitrogen and oxygen atoms in total. The van der Waals surface area contributed by atoms with Crippen LogP contribution in [0.5, 0.6) is 5.75 Å². The van der Waals surface area contributed by atoms with Crippen LogP contribution in [0.25, 0.3) is 16.6 Å². The second-order valence-corrected chi connectivity index (χ2v) is 4.80. The Morgan fingerprint density at radius 1 is 1.14 bits per heavy atom. The maximum Gasteiger partial charge on any atom is 0.166 e. The van der Waals surface area contributed by atoms with E-state index < -0.39 is 11.6 Å². The Balaban J connectivity index is 1.84. The van der Waals surface area contributed by atoms with E-state index in [1.807, 2.05) is 36.4 Å². The Kier molecular flexibility index (Phi) is 3.62. The SMILES string of the molecule is N/C(=C\Nc1ccc(O)c(F)c1)c1ccc2ccccc2n1. The zero-order chi connectivity index (χ0) is 15.5. The standard InChI is InChI=1S/C17H14FN3O/c18-13-9-12(6-8-17(13)22)20-10-14(19)16-7-5-11-3-1-2-4-15(11)21-16/h1-10,20,22H,19H2/b14-10-. The van der Waals surface area contributed by atoms with Crippen molar-refractivity contribution >= 4 is 22.3 Å². The largest absolute Gasteiger partial charge is 0.505 e. The minimum atomic E-state index is -0.694. The molecule has 3 rings (SSSR count). The number of para-hydroxylation sites is 1. The summed E-state index contributed by atoms with van der Waals surface area (Å²) < 4.78 is 13.2. The molecule has 0 amide bonds. The van der Waals surface area contributed by atoms with Gasteiger partial charge in [0.1, 0.15) is 0 Å². The second kappa shape index (κ2) is 5.73. The van der Waals surface area contributed by atoms with E-state index in [2.05, 4.69) is 10.3 Å². The van der Waals surface area contributed by atoms with Crippen molar-refractivity contribution in [3.63, 3.8) is 0 Å². The average Bonchev–Trinajstić information content (AvgIpc) is 2.55. The number of hydrogen-bond acceptors (Lipinski definition) is 4. The van der Waals surface area contributed by atoms with Crippen LogP contribution in [0.15, 0.2) is 60.8 Å². The number of aromatic nitrogens is 1. The van der Waals surface area contributed by atoms with Crippen LogP contribution in [-0.4, -0.2) is 10.1 Å². The summed E-state index contributed by atoms with van der Waals surface area (Å²) in [5, 5.41) is 13.1. The van der Waals surface area contributed by atoms with Gasteiger partial charge in [0.25, 0.3) is 0 Å². The second-order valence-electron chi connectivity index (χ2n) is 4.80. The molecule has 1 heterocycles. The maximum atomic E-state index is 13.2. The Morgan fingerprint density at radius 3 is 2.77 bits per heavy atom. The minimum Gasteiger partial charge on any atom is -0.505 e. The number of rotatable bonds is 3. The molecule has 0 aliphatic carbocycles. The molecule has 5 heteroatoms. The predicted molar refractivity (Wildman–Crippen MR) is 85.6 cm³/mol. The van der Waals surface area contributed by atoms with E-state index in [1.54, 1.807) is 12.3 Å². The Morgan fingerprint density at radius 2 is 1.95 bits per heavy atom. The third-order valence-corrected chi connectivity index (χ3v) is 3.24. The first-order chi connectivity index (χ1) is 10.6. The number of phenolic OH excluding ortho intramolecular Hbond substituents is 1. The van der Waals surface area contributed by atoms with Crippen molar-refractivity contribution in [1.82, 2.24) is 4.98 Å². The summed E-state index contributed by atoms with van der Waals surface area (Å²) in [6.07, 6.45) is 1.54. The fraction of sp³-hybridized carbons (Fsp3) is 0. The lowest BCUT2D eigenvalue weighted by Crippen LogP contribution is -2.02. The zero-order valence-electron chi connectivity index (χ0n) is 11.6. The molecule has 0 atom stereocenters. The Bertz CT molecular complexity index is 861. The molecule has 0 saturated heterocycles. The van der Waals surface area contributed by atoms with E-state index in [1.165, 1.54) is 12.1 Å². The molecule has 0 fully saturated rings. The number of anilines is 1. The number of nitrogens with one attached hydrogen (secondary N) is 1. The molecule has 0 bridgehead atoms. The number of halogens is 1. The lowest BCUT2D eigenvalue weighted by molar-refractivity contribution is 0.432. The fourth-order valence-electron chi connectivity index (χ4n) is 2.06. The molecule has 110 valence electrons. The molecule has 4 N–H and O–H groups in total. The molecule has 22 heavy (non-hydrogen) atoms. The summed E-state index contributed by atoms with van der Waals surface area (Å²) in [5.74, 6) is -1.08. The maximum absolute atomic E-state index is 13.2. The van der Waals surface area contributed by atoms with Gasteiger partial charge in [-0.2, -0.15) is 0 Å². The number of pyridine rings is 1. The summed E-state index contributed by atoms with van der Waals surface area (Å²) in [6.45, 7) is 0. The molecule has 0 unspecified atom stereocenters. The zero-order valence-corrected chi connectivity index (χ0v) is 11.6. The summed E-state index contributed by atoms with van der Waals surface area (Å²) >= 11 is 0. The topological polar surface area (TPSA) is 71.2 Å². The van der Waals surface area contributed by atoms with E-state index in [0.717, 1.165) is 10.9 Å². The number of hydrogen-bond donors (Lipinski definition) is 3. The van der Waals surface area contributed by atoms with Crippen molar-refractivity contribution in [2.45, 2.75) is 0 Å². The number of benzene rings is 2. The van der Waals surface area contributed by atoms with Crippen molar-refractivity contribution in [3.05, 3.63) is 72.3 Å². The summed E-state index contributed by atoms with van der Waals surface area (Å²) in [7, 11) is 0. The van der Waals surface area contributed by atoms with Gasteiger partial charge in [-0.05, 0) is 24.3 Å². The number of aromatic hydroxyl groups is 1. The van der Waals surface area contributed by atoms with E-state index in [9.17, 15) is 4.39 Å². The molecule has 0 saturated carbocycles. The van der Waals surface area contributed by atoms with Gasteiger partial charge in [0.2, 0.25) is 0 Å². The van der Waals surface area contributed by atoms with Crippen LogP contribution < -0.4 is 11.1 Å². The Hall–Kier alpha value is -3.08. The van der Waals surface area contributed by atoms with Crippen LogP contribution in [-0.2, 0) is 0 Å². The summed E-state index contributed by atoms with van der Waals surface area (Å²) in [6, 6.07) is 15.5. The first-order valence-corrected chi connectivity index (χ1v) is 6.70. The average molecular weight is 295 g/mol. The lowest BCUT2D eigenvalue weighted by atomic mass is 10.2. The molecule has 3 aromatic rings. The highest BCUT2D eigenvalue weighted by Gasteiger charge is 2.03. The van der Waals surface area contributed by atoms with E-state index in [0.29, 0.717) is 17.1 Å². The van der Waals surface area contributed by atoms with Crippen LogP contribution in [0.4, 0.5) is 10.1 Å². The number of phenols is 1. The van der Waals surface area contributed by atoms with Crippen LogP contribution in [0.1, 0.15) is 5.69 Å². The van der Waals surface area contributed by atoms with Gasteiger partial charge in [-0.15, -0.1) is 0 Å². The minimum absolute atomic E-state index is 0.390. The van der Waals surface area contributed by atoms with Crippen LogP contribution in [0, 0.1) is 5.82 Å². The van der Waals surface area contributed by atoms with Crippen molar-refractivity contribution in [2.24, 2.45) is 5.73 Å². The Labute approximate surface area is 126 Å². The van der Waals surface area contributed by atoms with Gasteiger partial charge in [-0.3, -0.25) is 0 Å². The number of fused-ring (bicyclic) bond motifs is 1. The summed E-state index contributed by atoms with van der Waals surface area (Å²) in [5.41, 5.74) is 8.39. The first kappa shape index (κ1) is 13.9. The van der Waals surface area contributed by atoms with Crippen molar-refractivity contribution in [1.29, 1.82) is 0 Å². The molecule has 1 aromatic heterocycles. The first-order valence-electron chi connectivity index (χ1n) is 6.70. The molecule has 0 radical (unpaired) electrons. The van der Waals surface area contributed by atoms with Crippen LogP contribution >= 0.6 is 0 Å². The molecule has 2 aromatic carbocycles. The number of nitrogens with two attached hydrogens (primary N) is 1. The van der Waals surface area contributed by atoms with E-state index >= 15 is 0 Å². The van der Waals surface area contributed by atoms with Crippen molar-refractivity contribution in [2.75, 3.05) is 5.32 Å². The van der Waals surface area contributed by atoms with Gasteiger partial charge in [0, 0.05) is 23.3 Å². The third kappa shape index (κ3) is 2.83. The normalized spacial score (nSPS) is 11.6. The highest BCUT2D eigenvalue weighted by Crippen LogP contribution is 2.20. The van der Waals surface area contributed by atoms with Gasteiger partial charge >= 0.3 is 0 Å². The van der Waals surface area contributed by atoms with Crippen LogP contribution in [0.2, 0.25) is 0 Å². The van der Waals surface area contributed by atoms with Crippen LogP contribution in [0.3, 0.4) is 0 Å². The quantitative estimate of drug-likeness (QED) is 0.647.